The summed E-state index contributed by atoms with van der Waals surface area (Å²) in [5.74, 6) is -1.54. The highest BCUT2D eigenvalue weighted by atomic mass is 19.4. The van der Waals surface area contributed by atoms with Crippen LogP contribution in [0.4, 0.5) is 13.2 Å². The number of aromatic nitrogens is 2. The highest BCUT2D eigenvalue weighted by molar-refractivity contribution is 5.87. The van der Waals surface area contributed by atoms with E-state index >= 15 is 0 Å². The monoisotopic (exact) mass is 367 g/mol. The summed E-state index contributed by atoms with van der Waals surface area (Å²) >= 11 is 0. The zero-order chi connectivity index (χ0) is 19.3. The van der Waals surface area contributed by atoms with Crippen LogP contribution in [0.2, 0.25) is 0 Å². The summed E-state index contributed by atoms with van der Waals surface area (Å²) in [5, 5.41) is 6.31. The van der Waals surface area contributed by atoms with Gasteiger partial charge in [0.15, 0.2) is 0 Å². The summed E-state index contributed by atoms with van der Waals surface area (Å²) in [4.78, 5) is 15.3. The van der Waals surface area contributed by atoms with Crippen molar-refractivity contribution in [2.24, 2.45) is 5.92 Å². The van der Waals surface area contributed by atoms with Gasteiger partial charge < -0.3 is 9.84 Å². The minimum atomic E-state index is -4.68. The first-order valence-corrected chi connectivity index (χ1v) is 8.20. The Kier molecular flexibility index (Phi) is 6.18. The van der Waals surface area contributed by atoms with E-state index in [1.165, 1.54) is 6.08 Å². The third-order valence-electron chi connectivity index (χ3n) is 4.03. The molecule has 0 bridgehead atoms. The molecule has 26 heavy (non-hydrogen) atoms. The van der Waals surface area contributed by atoms with Gasteiger partial charge in [0.1, 0.15) is 0 Å². The molecule has 0 saturated carbocycles. The highest BCUT2D eigenvalue weighted by Gasteiger charge is 2.38. The number of hydrogen-bond donors (Lipinski definition) is 1. The Labute approximate surface area is 149 Å². The molecule has 2 aromatic rings. The van der Waals surface area contributed by atoms with Crippen LogP contribution in [0.25, 0.3) is 11.4 Å². The lowest BCUT2D eigenvalue weighted by Crippen LogP contribution is -2.31. The number of allylic oxidation sites excluding steroid dienone is 1. The summed E-state index contributed by atoms with van der Waals surface area (Å²) in [6.45, 7) is 5.79. The second-order valence-electron chi connectivity index (χ2n) is 5.91. The Balaban J connectivity index is 2.25. The average molecular weight is 367 g/mol. The number of halogens is 3. The molecule has 0 spiro atoms. The summed E-state index contributed by atoms with van der Waals surface area (Å²) in [6, 6.07) is 6.49. The molecule has 0 saturated heterocycles. The minimum Gasteiger partial charge on any atom is -0.345 e. The average Bonchev–Trinajstić information content (AvgIpc) is 3.10. The molecular formula is C18H20F3N3O2. The molecule has 1 aromatic carbocycles. The zero-order valence-corrected chi connectivity index (χ0v) is 14.7. The third-order valence-corrected chi connectivity index (χ3v) is 4.03. The van der Waals surface area contributed by atoms with E-state index < -0.39 is 12.1 Å². The smallest absolute Gasteiger partial charge is 0.345 e. The fraction of sp³-hybridized carbons (Fsp3) is 0.389. The van der Waals surface area contributed by atoms with Crippen LogP contribution in [0.15, 0.2) is 40.9 Å². The van der Waals surface area contributed by atoms with E-state index in [4.69, 9.17) is 0 Å². The molecule has 2 unspecified atom stereocenters. The molecule has 0 radical (unpaired) electrons. The number of carbonyl (C=O) groups excluding carboxylic acids is 1. The Morgan fingerprint density at radius 2 is 1.96 bits per heavy atom. The molecule has 5 nitrogen and oxygen atoms in total. The largest absolute Gasteiger partial charge is 0.471 e. The Morgan fingerprint density at radius 3 is 2.46 bits per heavy atom. The van der Waals surface area contributed by atoms with Crippen LogP contribution in [0, 0.1) is 5.92 Å². The van der Waals surface area contributed by atoms with E-state index in [1.807, 2.05) is 13.8 Å². The van der Waals surface area contributed by atoms with Gasteiger partial charge in [0, 0.05) is 5.56 Å². The number of benzene rings is 1. The molecule has 1 heterocycles. The lowest BCUT2D eigenvalue weighted by atomic mass is 9.91. The molecule has 0 fully saturated rings. The standard InChI is InChI=1S/C18H20F3N3O2/c1-4-6-14(25)22-15(11(3)5-2)12-7-9-13(10-8-12)16-23-17(26-24-16)18(19,20)21/h4,6-11,15H,5H2,1-3H3,(H,22,25)/b6-4+. The first-order valence-electron chi connectivity index (χ1n) is 8.20. The number of alkyl halides is 3. The van der Waals surface area contributed by atoms with Crippen molar-refractivity contribution in [2.75, 3.05) is 0 Å². The Morgan fingerprint density at radius 1 is 1.31 bits per heavy atom. The van der Waals surface area contributed by atoms with Crippen molar-refractivity contribution in [3.63, 3.8) is 0 Å². The van der Waals surface area contributed by atoms with Gasteiger partial charge in [-0.3, -0.25) is 4.79 Å². The first kappa shape index (κ1) is 19.7. The van der Waals surface area contributed by atoms with Gasteiger partial charge in [-0.2, -0.15) is 18.2 Å². The predicted molar refractivity (Wildman–Crippen MR) is 89.9 cm³/mol. The SMILES string of the molecule is C/C=C/C(=O)NC(c1ccc(-c2noc(C(F)(F)F)n2)cc1)C(C)CC. The number of nitrogens with zero attached hydrogens (tertiary/aromatic N) is 2. The van der Waals surface area contributed by atoms with Crippen LogP contribution in [-0.2, 0) is 11.0 Å². The normalized spacial score (nSPS) is 14.4. The van der Waals surface area contributed by atoms with E-state index in [1.54, 1.807) is 37.3 Å². The van der Waals surface area contributed by atoms with E-state index in [-0.39, 0.29) is 23.7 Å². The van der Waals surface area contributed by atoms with Crippen molar-refractivity contribution in [3.05, 3.63) is 47.9 Å². The number of rotatable bonds is 6. The first-order chi connectivity index (χ1) is 12.3. The van der Waals surface area contributed by atoms with Gasteiger partial charge in [0.2, 0.25) is 11.7 Å². The van der Waals surface area contributed by atoms with Crippen molar-refractivity contribution in [1.29, 1.82) is 0 Å². The number of carbonyl (C=O) groups is 1. The molecule has 1 amide bonds. The Bertz CT molecular complexity index is 767. The molecule has 1 aromatic heterocycles. The van der Waals surface area contributed by atoms with Gasteiger partial charge in [0.05, 0.1) is 6.04 Å². The molecule has 0 aliphatic rings. The topological polar surface area (TPSA) is 68.0 Å². The van der Waals surface area contributed by atoms with Gasteiger partial charge in [-0.25, -0.2) is 0 Å². The lowest BCUT2D eigenvalue weighted by molar-refractivity contribution is -0.159. The third kappa shape index (κ3) is 4.71. The van der Waals surface area contributed by atoms with Crippen LogP contribution in [-0.4, -0.2) is 16.0 Å². The fourth-order valence-corrected chi connectivity index (χ4v) is 2.44. The molecule has 1 N–H and O–H groups in total. The quantitative estimate of drug-likeness (QED) is 0.762. The van der Waals surface area contributed by atoms with Gasteiger partial charge in [0.25, 0.3) is 0 Å². The summed E-state index contributed by atoms with van der Waals surface area (Å²) < 4.78 is 41.9. The number of amides is 1. The van der Waals surface area contributed by atoms with Crippen LogP contribution in [0.1, 0.15) is 44.7 Å². The van der Waals surface area contributed by atoms with E-state index in [2.05, 4.69) is 20.0 Å². The minimum absolute atomic E-state index is 0.137. The maximum Gasteiger partial charge on any atom is 0.471 e. The maximum absolute atomic E-state index is 12.6. The molecule has 140 valence electrons. The van der Waals surface area contributed by atoms with Crippen LogP contribution in [0.3, 0.4) is 0 Å². The lowest BCUT2D eigenvalue weighted by Gasteiger charge is -2.24. The molecule has 8 heteroatoms. The summed E-state index contributed by atoms with van der Waals surface area (Å²) in [7, 11) is 0. The van der Waals surface area contributed by atoms with Gasteiger partial charge in [-0.05, 0) is 24.5 Å². The van der Waals surface area contributed by atoms with E-state index in [9.17, 15) is 18.0 Å². The molecule has 0 aliphatic carbocycles. The second-order valence-corrected chi connectivity index (χ2v) is 5.91. The second kappa shape index (κ2) is 8.16. The Hall–Kier alpha value is -2.64. The number of hydrogen-bond acceptors (Lipinski definition) is 4. The summed E-state index contributed by atoms with van der Waals surface area (Å²) in [6.07, 6.45) is -0.728. The van der Waals surface area contributed by atoms with Crippen LogP contribution < -0.4 is 5.32 Å². The van der Waals surface area contributed by atoms with Crippen LogP contribution >= 0.6 is 0 Å². The maximum atomic E-state index is 12.6. The molecular weight excluding hydrogens is 347 g/mol. The van der Waals surface area contributed by atoms with Gasteiger partial charge in [-0.1, -0.05) is 55.8 Å². The van der Waals surface area contributed by atoms with Crippen molar-refractivity contribution in [1.82, 2.24) is 15.5 Å². The number of nitrogens with one attached hydrogen (secondary N) is 1. The van der Waals surface area contributed by atoms with Gasteiger partial charge >= 0.3 is 12.1 Å². The molecule has 2 atom stereocenters. The van der Waals surface area contributed by atoms with E-state index in [0.717, 1.165) is 12.0 Å². The van der Waals surface area contributed by atoms with Crippen LogP contribution in [0.5, 0.6) is 0 Å². The van der Waals surface area contributed by atoms with Crippen molar-refractivity contribution >= 4 is 5.91 Å². The fourth-order valence-electron chi connectivity index (χ4n) is 2.44. The van der Waals surface area contributed by atoms with Crippen molar-refractivity contribution < 1.29 is 22.5 Å². The predicted octanol–water partition coefficient (Wildman–Crippen LogP) is 4.53. The highest BCUT2D eigenvalue weighted by Crippen LogP contribution is 2.30. The molecule has 2 rings (SSSR count). The summed E-state index contributed by atoms with van der Waals surface area (Å²) in [5.41, 5.74) is 1.25. The van der Waals surface area contributed by atoms with E-state index in [0.29, 0.717) is 5.56 Å². The molecule has 0 aliphatic heterocycles. The van der Waals surface area contributed by atoms with Crippen molar-refractivity contribution in [3.8, 4) is 11.4 Å². The van der Waals surface area contributed by atoms with Crippen molar-refractivity contribution in [2.45, 2.75) is 39.4 Å². The zero-order valence-electron chi connectivity index (χ0n) is 14.7. The van der Waals surface area contributed by atoms with Gasteiger partial charge in [-0.15, -0.1) is 0 Å².